The van der Waals surface area contributed by atoms with Crippen LogP contribution in [-0.4, -0.2) is 23.4 Å². The van der Waals surface area contributed by atoms with Crippen LogP contribution in [-0.2, 0) is 0 Å². The lowest BCUT2D eigenvalue weighted by molar-refractivity contribution is 0.0589. The van der Waals surface area contributed by atoms with E-state index in [1.807, 2.05) is 18.2 Å². The second-order valence-corrected chi connectivity index (χ2v) is 4.93. The Bertz CT molecular complexity index is 455. The number of nitrogens with zero attached hydrogens (tertiary/aromatic N) is 2. The number of rotatable bonds is 2. The first-order chi connectivity index (χ1) is 8.69. The molecule has 1 saturated carbocycles. The largest absolute Gasteiger partial charge is 0.323 e. The van der Waals surface area contributed by atoms with E-state index in [-0.39, 0.29) is 5.91 Å². The molecule has 0 saturated heterocycles. The molecule has 0 aliphatic heterocycles. The molecule has 94 valence electrons. The van der Waals surface area contributed by atoms with Gasteiger partial charge in [-0.25, -0.2) is 0 Å². The maximum absolute atomic E-state index is 12.4. The summed E-state index contributed by atoms with van der Waals surface area (Å²) in [6, 6.07) is 11.6. The molecule has 0 atom stereocenters. The minimum Gasteiger partial charge on any atom is -0.323 e. The monoisotopic (exact) mass is 242 g/mol. The zero-order chi connectivity index (χ0) is 13.0. The summed E-state index contributed by atoms with van der Waals surface area (Å²) < 4.78 is 0. The zero-order valence-corrected chi connectivity index (χ0v) is 10.7. The van der Waals surface area contributed by atoms with Crippen LogP contribution in [0.4, 0.5) is 0 Å². The highest BCUT2D eigenvalue weighted by atomic mass is 16.2. The Labute approximate surface area is 108 Å². The second kappa shape index (κ2) is 5.22. The molecule has 1 aromatic rings. The molecule has 1 fully saturated rings. The molecular formula is C15H18N2O. The van der Waals surface area contributed by atoms with E-state index in [4.69, 9.17) is 0 Å². The SMILES string of the molecule is CN(C(=O)c1ccccc1)C1(C#N)CCCCC1. The number of benzene rings is 1. The van der Waals surface area contributed by atoms with Crippen molar-refractivity contribution in [2.24, 2.45) is 0 Å². The molecule has 1 amide bonds. The van der Waals surface area contributed by atoms with Crippen molar-refractivity contribution in [3.05, 3.63) is 35.9 Å². The third-order valence-corrected chi connectivity index (χ3v) is 3.86. The summed E-state index contributed by atoms with van der Waals surface area (Å²) >= 11 is 0. The molecule has 0 aromatic heterocycles. The van der Waals surface area contributed by atoms with Crippen molar-refractivity contribution >= 4 is 5.91 Å². The van der Waals surface area contributed by atoms with Gasteiger partial charge in [0.2, 0.25) is 0 Å². The van der Waals surface area contributed by atoms with Gasteiger partial charge in [-0.3, -0.25) is 4.79 Å². The molecule has 1 aliphatic carbocycles. The summed E-state index contributed by atoms with van der Waals surface area (Å²) in [5.41, 5.74) is 0.0470. The number of nitriles is 1. The fourth-order valence-corrected chi connectivity index (χ4v) is 2.63. The van der Waals surface area contributed by atoms with E-state index in [0.29, 0.717) is 5.56 Å². The van der Waals surface area contributed by atoms with E-state index in [9.17, 15) is 10.1 Å². The van der Waals surface area contributed by atoms with Crippen LogP contribution in [0, 0.1) is 11.3 Å². The van der Waals surface area contributed by atoms with Gasteiger partial charge >= 0.3 is 0 Å². The molecule has 1 aliphatic rings. The Kier molecular flexibility index (Phi) is 3.66. The van der Waals surface area contributed by atoms with E-state index in [2.05, 4.69) is 6.07 Å². The van der Waals surface area contributed by atoms with Crippen LogP contribution < -0.4 is 0 Å². The Morgan fingerprint density at radius 2 is 1.83 bits per heavy atom. The molecular weight excluding hydrogens is 224 g/mol. The molecule has 3 heteroatoms. The molecule has 2 rings (SSSR count). The maximum Gasteiger partial charge on any atom is 0.254 e. The first-order valence-corrected chi connectivity index (χ1v) is 6.44. The number of amides is 1. The van der Waals surface area contributed by atoms with Crippen LogP contribution in [0.2, 0.25) is 0 Å². The topological polar surface area (TPSA) is 44.1 Å². The fraction of sp³-hybridized carbons (Fsp3) is 0.467. The average Bonchev–Trinajstić information content (AvgIpc) is 2.47. The molecule has 0 radical (unpaired) electrons. The van der Waals surface area contributed by atoms with E-state index < -0.39 is 5.54 Å². The van der Waals surface area contributed by atoms with Gasteiger partial charge in [-0.05, 0) is 25.0 Å². The van der Waals surface area contributed by atoms with Crippen LogP contribution in [0.25, 0.3) is 0 Å². The predicted octanol–water partition coefficient (Wildman–Crippen LogP) is 2.99. The molecule has 0 N–H and O–H groups in total. The smallest absolute Gasteiger partial charge is 0.254 e. The van der Waals surface area contributed by atoms with Crippen molar-refractivity contribution in [1.82, 2.24) is 4.90 Å². The summed E-state index contributed by atoms with van der Waals surface area (Å²) in [6.45, 7) is 0. The Morgan fingerprint density at radius 3 is 2.39 bits per heavy atom. The molecule has 0 unspecified atom stereocenters. The molecule has 0 spiro atoms. The van der Waals surface area contributed by atoms with Crippen molar-refractivity contribution in [2.45, 2.75) is 37.6 Å². The number of hydrogen-bond donors (Lipinski definition) is 0. The second-order valence-electron chi connectivity index (χ2n) is 4.93. The lowest BCUT2D eigenvalue weighted by Gasteiger charge is -2.39. The predicted molar refractivity (Wildman–Crippen MR) is 70.0 cm³/mol. The van der Waals surface area contributed by atoms with E-state index in [0.717, 1.165) is 32.1 Å². The minimum atomic E-state index is -0.606. The highest BCUT2D eigenvalue weighted by Crippen LogP contribution is 2.33. The van der Waals surface area contributed by atoms with Crippen molar-refractivity contribution in [1.29, 1.82) is 5.26 Å². The Morgan fingerprint density at radius 1 is 1.22 bits per heavy atom. The van der Waals surface area contributed by atoms with Crippen molar-refractivity contribution in [3.63, 3.8) is 0 Å². The highest BCUT2D eigenvalue weighted by molar-refractivity contribution is 5.94. The van der Waals surface area contributed by atoms with Gasteiger partial charge in [0.05, 0.1) is 6.07 Å². The van der Waals surface area contributed by atoms with Gasteiger partial charge in [0.25, 0.3) is 5.91 Å². The third-order valence-electron chi connectivity index (χ3n) is 3.86. The standard InChI is InChI=1S/C15H18N2O/c1-17(14(18)13-8-4-2-5-9-13)15(12-16)10-6-3-7-11-15/h2,4-5,8-9H,3,6-7,10-11H2,1H3. The van der Waals surface area contributed by atoms with Crippen LogP contribution in [0.1, 0.15) is 42.5 Å². The van der Waals surface area contributed by atoms with Gasteiger partial charge in [0.15, 0.2) is 0 Å². The van der Waals surface area contributed by atoms with Gasteiger partial charge in [0.1, 0.15) is 5.54 Å². The third kappa shape index (κ3) is 2.24. The quantitative estimate of drug-likeness (QED) is 0.800. The number of hydrogen-bond acceptors (Lipinski definition) is 2. The first kappa shape index (κ1) is 12.6. The van der Waals surface area contributed by atoms with Gasteiger partial charge < -0.3 is 4.90 Å². The average molecular weight is 242 g/mol. The van der Waals surface area contributed by atoms with Crippen LogP contribution in [0.5, 0.6) is 0 Å². The van der Waals surface area contributed by atoms with Crippen LogP contribution in [0.15, 0.2) is 30.3 Å². The van der Waals surface area contributed by atoms with Crippen molar-refractivity contribution < 1.29 is 4.79 Å². The highest BCUT2D eigenvalue weighted by Gasteiger charge is 2.38. The molecule has 0 heterocycles. The lowest BCUT2D eigenvalue weighted by atomic mass is 9.81. The van der Waals surface area contributed by atoms with Gasteiger partial charge in [-0.2, -0.15) is 5.26 Å². The van der Waals surface area contributed by atoms with Gasteiger partial charge in [-0.1, -0.05) is 37.5 Å². The summed E-state index contributed by atoms with van der Waals surface area (Å²) in [4.78, 5) is 14.0. The first-order valence-electron chi connectivity index (χ1n) is 6.44. The zero-order valence-electron chi connectivity index (χ0n) is 10.7. The van der Waals surface area contributed by atoms with E-state index >= 15 is 0 Å². The van der Waals surface area contributed by atoms with Crippen LogP contribution >= 0.6 is 0 Å². The van der Waals surface area contributed by atoms with Gasteiger partial charge in [0, 0.05) is 12.6 Å². The lowest BCUT2D eigenvalue weighted by Crippen LogP contribution is -2.49. The van der Waals surface area contributed by atoms with Crippen molar-refractivity contribution in [2.75, 3.05) is 7.05 Å². The summed E-state index contributed by atoms with van der Waals surface area (Å²) in [7, 11) is 1.75. The minimum absolute atomic E-state index is 0.0564. The Balaban J connectivity index is 2.22. The summed E-state index contributed by atoms with van der Waals surface area (Å²) in [5, 5.41) is 9.46. The fourth-order valence-electron chi connectivity index (χ4n) is 2.63. The summed E-state index contributed by atoms with van der Waals surface area (Å²) in [6.07, 6.45) is 4.80. The molecule has 3 nitrogen and oxygen atoms in total. The van der Waals surface area contributed by atoms with Gasteiger partial charge in [-0.15, -0.1) is 0 Å². The summed E-state index contributed by atoms with van der Waals surface area (Å²) in [5.74, 6) is -0.0564. The number of carbonyl (C=O) groups excluding carboxylic acids is 1. The maximum atomic E-state index is 12.4. The van der Waals surface area contributed by atoms with E-state index in [1.165, 1.54) is 0 Å². The van der Waals surface area contributed by atoms with Crippen LogP contribution in [0.3, 0.4) is 0 Å². The van der Waals surface area contributed by atoms with E-state index in [1.54, 1.807) is 24.1 Å². The normalized spacial score (nSPS) is 17.8. The molecule has 0 bridgehead atoms. The van der Waals surface area contributed by atoms with Crippen molar-refractivity contribution in [3.8, 4) is 6.07 Å². The number of carbonyl (C=O) groups is 1. The molecule has 18 heavy (non-hydrogen) atoms. The molecule has 1 aromatic carbocycles. The Hall–Kier alpha value is -1.82.